The fraction of sp³-hybridized carbons (Fsp3) is 0.524. The van der Waals surface area contributed by atoms with Gasteiger partial charge < -0.3 is 10.4 Å². The van der Waals surface area contributed by atoms with E-state index in [1.807, 2.05) is 38.1 Å². The Morgan fingerprint density at radius 2 is 1.90 bits per heavy atom. The SMILES string of the molecule is Cc1ccc(-n2nnc(C(=O)NC3CC(N(CC(=O)O)CC4CC4)C3)c2C)cc1. The smallest absolute Gasteiger partial charge is 0.317 e. The van der Waals surface area contributed by atoms with Crippen LogP contribution in [0.25, 0.3) is 5.69 Å². The molecule has 2 fully saturated rings. The fourth-order valence-corrected chi connectivity index (χ4v) is 3.88. The van der Waals surface area contributed by atoms with Crippen molar-refractivity contribution in [3.8, 4) is 5.69 Å². The highest BCUT2D eigenvalue weighted by Gasteiger charge is 2.38. The van der Waals surface area contributed by atoms with Gasteiger partial charge in [-0.15, -0.1) is 5.10 Å². The molecule has 2 saturated carbocycles. The van der Waals surface area contributed by atoms with E-state index in [0.717, 1.165) is 30.6 Å². The van der Waals surface area contributed by atoms with Gasteiger partial charge in [-0.05, 0) is 57.6 Å². The van der Waals surface area contributed by atoms with Crippen molar-refractivity contribution >= 4 is 11.9 Å². The molecule has 1 aromatic heterocycles. The predicted molar refractivity (Wildman–Crippen MR) is 107 cm³/mol. The van der Waals surface area contributed by atoms with Crippen LogP contribution < -0.4 is 5.32 Å². The van der Waals surface area contributed by atoms with Gasteiger partial charge in [0.1, 0.15) is 0 Å². The first kappa shape index (κ1) is 19.6. The molecule has 2 aliphatic carbocycles. The maximum Gasteiger partial charge on any atom is 0.317 e. The van der Waals surface area contributed by atoms with Crippen LogP contribution in [0.4, 0.5) is 0 Å². The minimum atomic E-state index is -0.790. The van der Waals surface area contributed by atoms with E-state index in [0.29, 0.717) is 17.3 Å². The van der Waals surface area contributed by atoms with Crippen LogP contribution in [0, 0.1) is 19.8 Å². The van der Waals surface area contributed by atoms with Crippen LogP contribution in [0.5, 0.6) is 0 Å². The molecule has 1 amide bonds. The summed E-state index contributed by atoms with van der Waals surface area (Å²) in [4.78, 5) is 25.9. The minimum absolute atomic E-state index is 0.0481. The highest BCUT2D eigenvalue weighted by molar-refractivity contribution is 5.93. The van der Waals surface area contributed by atoms with E-state index in [4.69, 9.17) is 5.11 Å². The molecule has 1 heterocycles. The van der Waals surface area contributed by atoms with Crippen LogP contribution >= 0.6 is 0 Å². The Bertz CT molecular complexity index is 898. The molecule has 0 aliphatic heterocycles. The topological polar surface area (TPSA) is 100 Å². The number of aromatic nitrogens is 3. The van der Waals surface area contributed by atoms with Crippen molar-refractivity contribution in [3.05, 3.63) is 41.2 Å². The second-order valence-electron chi connectivity index (χ2n) is 8.33. The molecule has 1 aromatic carbocycles. The van der Waals surface area contributed by atoms with Crippen molar-refractivity contribution in [2.45, 2.75) is 51.6 Å². The quantitative estimate of drug-likeness (QED) is 0.706. The number of carboxylic acid groups (broad SMARTS) is 1. The summed E-state index contributed by atoms with van der Waals surface area (Å²) >= 11 is 0. The second-order valence-corrected chi connectivity index (χ2v) is 8.33. The molecule has 29 heavy (non-hydrogen) atoms. The second kappa shape index (κ2) is 7.94. The number of carboxylic acids is 1. The van der Waals surface area contributed by atoms with Crippen molar-refractivity contribution in [2.24, 2.45) is 5.92 Å². The molecule has 8 nitrogen and oxygen atoms in total. The third kappa shape index (κ3) is 4.48. The molecule has 0 saturated heterocycles. The van der Waals surface area contributed by atoms with Crippen LogP contribution in [0.3, 0.4) is 0 Å². The number of rotatable bonds is 8. The Labute approximate surface area is 169 Å². The molecule has 0 bridgehead atoms. The molecule has 4 rings (SSSR count). The monoisotopic (exact) mass is 397 g/mol. The molecule has 0 radical (unpaired) electrons. The molecule has 0 unspecified atom stereocenters. The van der Waals surface area contributed by atoms with Gasteiger partial charge in [-0.3, -0.25) is 14.5 Å². The number of hydrogen-bond acceptors (Lipinski definition) is 5. The Morgan fingerprint density at radius 1 is 1.21 bits per heavy atom. The van der Waals surface area contributed by atoms with Crippen molar-refractivity contribution in [1.29, 1.82) is 0 Å². The highest BCUT2D eigenvalue weighted by atomic mass is 16.4. The first-order valence-electron chi connectivity index (χ1n) is 10.2. The zero-order chi connectivity index (χ0) is 20.5. The zero-order valence-electron chi connectivity index (χ0n) is 16.8. The summed E-state index contributed by atoms with van der Waals surface area (Å²) in [5.41, 5.74) is 3.05. The maximum atomic E-state index is 12.7. The van der Waals surface area contributed by atoms with Gasteiger partial charge >= 0.3 is 5.97 Å². The van der Waals surface area contributed by atoms with Gasteiger partial charge in [-0.2, -0.15) is 0 Å². The third-order valence-corrected chi connectivity index (χ3v) is 5.88. The minimum Gasteiger partial charge on any atom is -0.480 e. The molecule has 2 N–H and O–H groups in total. The summed E-state index contributed by atoms with van der Waals surface area (Å²) in [5, 5.41) is 20.4. The lowest BCUT2D eigenvalue weighted by Crippen LogP contribution is -2.55. The van der Waals surface area contributed by atoms with Crippen LogP contribution in [-0.4, -0.2) is 62.0 Å². The number of aliphatic carboxylic acids is 1. The molecule has 0 atom stereocenters. The van der Waals surface area contributed by atoms with Gasteiger partial charge in [-0.25, -0.2) is 4.68 Å². The van der Waals surface area contributed by atoms with E-state index in [-0.39, 0.29) is 24.5 Å². The van der Waals surface area contributed by atoms with Gasteiger partial charge in [0.15, 0.2) is 5.69 Å². The van der Waals surface area contributed by atoms with E-state index in [1.165, 1.54) is 12.8 Å². The first-order valence-corrected chi connectivity index (χ1v) is 10.2. The predicted octanol–water partition coefficient (Wildman–Crippen LogP) is 1.94. The Kier molecular flexibility index (Phi) is 5.36. The van der Waals surface area contributed by atoms with Gasteiger partial charge in [0.05, 0.1) is 17.9 Å². The van der Waals surface area contributed by atoms with Crippen molar-refractivity contribution in [1.82, 2.24) is 25.2 Å². The summed E-state index contributed by atoms with van der Waals surface area (Å²) in [6, 6.07) is 8.16. The van der Waals surface area contributed by atoms with Gasteiger partial charge in [-0.1, -0.05) is 22.9 Å². The molecule has 0 spiro atoms. The van der Waals surface area contributed by atoms with Gasteiger partial charge in [0.2, 0.25) is 0 Å². The average Bonchev–Trinajstić information content (AvgIpc) is 3.37. The third-order valence-electron chi connectivity index (χ3n) is 5.88. The fourth-order valence-electron chi connectivity index (χ4n) is 3.88. The van der Waals surface area contributed by atoms with E-state index >= 15 is 0 Å². The normalized spacial score (nSPS) is 21.1. The Balaban J connectivity index is 1.34. The summed E-state index contributed by atoms with van der Waals surface area (Å²) in [7, 11) is 0. The van der Waals surface area contributed by atoms with Crippen LogP contribution in [0.2, 0.25) is 0 Å². The summed E-state index contributed by atoms with van der Waals surface area (Å²) in [6.45, 7) is 4.78. The van der Waals surface area contributed by atoms with Crippen LogP contribution in [0.15, 0.2) is 24.3 Å². The Hall–Kier alpha value is -2.74. The van der Waals surface area contributed by atoms with E-state index in [2.05, 4.69) is 20.5 Å². The number of aryl methyl sites for hydroxylation is 1. The lowest BCUT2D eigenvalue weighted by molar-refractivity contribution is -0.139. The van der Waals surface area contributed by atoms with Gasteiger partial charge in [0, 0.05) is 18.6 Å². The van der Waals surface area contributed by atoms with E-state index in [9.17, 15) is 9.59 Å². The van der Waals surface area contributed by atoms with Crippen molar-refractivity contribution in [3.63, 3.8) is 0 Å². The number of nitrogens with one attached hydrogen (secondary N) is 1. The number of carbonyl (C=O) groups excluding carboxylic acids is 1. The van der Waals surface area contributed by atoms with Crippen molar-refractivity contribution < 1.29 is 14.7 Å². The average molecular weight is 397 g/mol. The molecular formula is C21H27N5O3. The summed E-state index contributed by atoms with van der Waals surface area (Å²) in [5.74, 6) is -0.375. The van der Waals surface area contributed by atoms with E-state index < -0.39 is 5.97 Å². The lowest BCUT2D eigenvalue weighted by atomic mass is 9.85. The number of hydrogen-bond donors (Lipinski definition) is 2. The lowest BCUT2D eigenvalue weighted by Gasteiger charge is -2.42. The summed E-state index contributed by atoms with van der Waals surface area (Å²) in [6.07, 6.45) is 3.94. The van der Waals surface area contributed by atoms with E-state index in [1.54, 1.807) is 4.68 Å². The maximum absolute atomic E-state index is 12.7. The molecule has 154 valence electrons. The van der Waals surface area contributed by atoms with Crippen molar-refractivity contribution in [2.75, 3.05) is 13.1 Å². The summed E-state index contributed by atoms with van der Waals surface area (Å²) < 4.78 is 1.67. The number of benzene rings is 1. The molecule has 2 aromatic rings. The van der Waals surface area contributed by atoms with Crippen LogP contribution in [0.1, 0.15) is 47.4 Å². The Morgan fingerprint density at radius 3 is 2.52 bits per heavy atom. The molecule has 2 aliphatic rings. The van der Waals surface area contributed by atoms with Gasteiger partial charge in [0.25, 0.3) is 5.91 Å². The molecular weight excluding hydrogens is 370 g/mol. The zero-order valence-corrected chi connectivity index (χ0v) is 16.8. The highest BCUT2D eigenvalue weighted by Crippen LogP contribution is 2.33. The molecule has 8 heteroatoms. The standard InChI is InChI=1S/C21H27N5O3/c1-13-3-7-17(8-4-13)26-14(2)20(23-24-26)21(29)22-16-9-18(10-16)25(12-19(27)28)11-15-5-6-15/h3-4,7-8,15-16,18H,5-6,9-12H2,1-2H3,(H,22,29)(H,27,28). The van der Waals surface area contributed by atoms with Crippen LogP contribution in [-0.2, 0) is 4.79 Å². The number of amides is 1. The number of carbonyl (C=O) groups is 2. The first-order chi connectivity index (χ1) is 13.9. The largest absolute Gasteiger partial charge is 0.480 e. The number of nitrogens with zero attached hydrogens (tertiary/aromatic N) is 4.